The van der Waals surface area contributed by atoms with Gasteiger partial charge in [0.15, 0.2) is 0 Å². The number of imidazole rings is 1. The number of hydrogen-bond acceptors (Lipinski definition) is 6. The molecule has 146 valence electrons. The SMILES string of the molecule is COc1ccc(-n2nc(-c3ccc([N+](=O)[O-])cc3)c(-n3ccnc3)c2SC)cc1. The van der Waals surface area contributed by atoms with Crippen LogP contribution in [0.5, 0.6) is 5.75 Å². The Balaban J connectivity index is 1.91. The third kappa shape index (κ3) is 3.47. The third-order valence-corrected chi connectivity index (χ3v) is 5.20. The standard InChI is InChI=1S/C20H17N5O3S/c1-28-17-9-7-15(8-10-17)24-20(29-2)19(23-12-11-21-13-23)18(22-24)14-3-5-16(6-4-14)25(26)27/h3-13H,1-2H3. The van der Waals surface area contributed by atoms with E-state index in [2.05, 4.69) is 4.98 Å². The highest BCUT2D eigenvalue weighted by Crippen LogP contribution is 2.36. The van der Waals surface area contributed by atoms with Crippen LogP contribution in [0.25, 0.3) is 22.6 Å². The zero-order chi connectivity index (χ0) is 20.4. The van der Waals surface area contributed by atoms with E-state index in [1.165, 1.54) is 12.1 Å². The van der Waals surface area contributed by atoms with Gasteiger partial charge in [0.25, 0.3) is 5.69 Å². The Morgan fingerprint density at radius 3 is 2.38 bits per heavy atom. The number of non-ortho nitro benzene ring substituents is 1. The molecule has 0 bridgehead atoms. The second-order valence-corrected chi connectivity index (χ2v) is 6.89. The summed E-state index contributed by atoms with van der Waals surface area (Å²) < 4.78 is 9.00. The lowest BCUT2D eigenvalue weighted by Gasteiger charge is -2.08. The lowest BCUT2D eigenvalue weighted by atomic mass is 10.1. The first-order valence-corrected chi connectivity index (χ1v) is 9.89. The third-order valence-electron chi connectivity index (χ3n) is 4.44. The molecule has 2 aromatic carbocycles. The number of hydrogen-bond donors (Lipinski definition) is 0. The Hall–Kier alpha value is -3.59. The van der Waals surface area contributed by atoms with Gasteiger partial charge in [0.2, 0.25) is 0 Å². The quantitative estimate of drug-likeness (QED) is 0.268. The van der Waals surface area contributed by atoms with Gasteiger partial charge in [-0.2, -0.15) is 5.10 Å². The van der Waals surface area contributed by atoms with Crippen molar-refractivity contribution in [2.75, 3.05) is 13.4 Å². The molecule has 0 amide bonds. The molecule has 0 aliphatic carbocycles. The normalized spacial score (nSPS) is 10.8. The minimum atomic E-state index is -0.413. The predicted octanol–water partition coefficient (Wildman–Crippen LogP) is 4.36. The van der Waals surface area contributed by atoms with Gasteiger partial charge in [-0.05, 0) is 42.7 Å². The van der Waals surface area contributed by atoms with Crippen molar-refractivity contribution in [3.8, 4) is 28.4 Å². The zero-order valence-corrected chi connectivity index (χ0v) is 16.5. The van der Waals surface area contributed by atoms with Crippen molar-refractivity contribution in [2.45, 2.75) is 5.03 Å². The first kappa shape index (κ1) is 18.8. The summed E-state index contributed by atoms with van der Waals surface area (Å²) in [6.45, 7) is 0. The van der Waals surface area contributed by atoms with Crippen LogP contribution < -0.4 is 4.74 Å². The van der Waals surface area contributed by atoms with Crippen LogP contribution >= 0.6 is 11.8 Å². The molecule has 4 rings (SSSR count). The molecular weight excluding hydrogens is 390 g/mol. The molecule has 29 heavy (non-hydrogen) atoms. The number of nitrogens with zero attached hydrogens (tertiary/aromatic N) is 5. The van der Waals surface area contributed by atoms with E-state index >= 15 is 0 Å². The van der Waals surface area contributed by atoms with Crippen LogP contribution in [0.3, 0.4) is 0 Å². The Bertz CT molecular complexity index is 1140. The summed E-state index contributed by atoms with van der Waals surface area (Å²) in [5.41, 5.74) is 3.27. The van der Waals surface area contributed by atoms with Gasteiger partial charge in [-0.25, -0.2) is 9.67 Å². The molecule has 0 saturated heterocycles. The zero-order valence-electron chi connectivity index (χ0n) is 15.7. The maximum atomic E-state index is 11.0. The van der Waals surface area contributed by atoms with Crippen LogP contribution in [0, 0.1) is 10.1 Å². The van der Waals surface area contributed by atoms with E-state index in [0.29, 0.717) is 5.69 Å². The Morgan fingerprint density at radius 2 is 1.83 bits per heavy atom. The van der Waals surface area contributed by atoms with E-state index in [-0.39, 0.29) is 5.69 Å². The Morgan fingerprint density at radius 1 is 1.10 bits per heavy atom. The molecule has 0 unspecified atom stereocenters. The minimum absolute atomic E-state index is 0.0395. The minimum Gasteiger partial charge on any atom is -0.497 e. The number of ether oxygens (including phenoxy) is 1. The number of thioether (sulfide) groups is 1. The number of methoxy groups -OCH3 is 1. The fourth-order valence-corrected chi connectivity index (χ4v) is 3.75. The summed E-state index contributed by atoms with van der Waals surface area (Å²) in [6.07, 6.45) is 7.25. The molecule has 0 saturated carbocycles. The summed E-state index contributed by atoms with van der Waals surface area (Å²) in [4.78, 5) is 14.8. The van der Waals surface area contributed by atoms with Gasteiger partial charge in [0.1, 0.15) is 22.2 Å². The van der Waals surface area contributed by atoms with Gasteiger partial charge in [-0.3, -0.25) is 10.1 Å². The van der Waals surface area contributed by atoms with Crippen LogP contribution in [-0.2, 0) is 0 Å². The van der Waals surface area contributed by atoms with Crippen LogP contribution in [-0.4, -0.2) is 37.6 Å². The second kappa shape index (κ2) is 7.80. The van der Waals surface area contributed by atoms with E-state index in [4.69, 9.17) is 9.84 Å². The van der Waals surface area contributed by atoms with Gasteiger partial charge >= 0.3 is 0 Å². The highest BCUT2D eigenvalue weighted by molar-refractivity contribution is 7.98. The molecular formula is C20H17N5O3S. The average molecular weight is 407 g/mol. The lowest BCUT2D eigenvalue weighted by Crippen LogP contribution is -1.99. The summed E-state index contributed by atoms with van der Waals surface area (Å²) in [6, 6.07) is 14.0. The number of benzene rings is 2. The number of rotatable bonds is 6. The van der Waals surface area contributed by atoms with Crippen molar-refractivity contribution in [1.29, 1.82) is 0 Å². The molecule has 2 aromatic heterocycles. The number of nitro groups is 1. The molecule has 0 aliphatic rings. The van der Waals surface area contributed by atoms with E-state index in [9.17, 15) is 10.1 Å². The van der Waals surface area contributed by atoms with Gasteiger partial charge in [0.05, 0.1) is 24.0 Å². The molecule has 2 heterocycles. The van der Waals surface area contributed by atoms with Gasteiger partial charge in [0, 0.05) is 30.1 Å². The van der Waals surface area contributed by atoms with Gasteiger partial charge < -0.3 is 9.30 Å². The summed E-state index contributed by atoms with van der Waals surface area (Å²) >= 11 is 1.56. The molecule has 0 atom stereocenters. The van der Waals surface area contributed by atoms with E-state index in [1.807, 2.05) is 46.0 Å². The maximum Gasteiger partial charge on any atom is 0.269 e. The van der Waals surface area contributed by atoms with Crippen molar-refractivity contribution in [3.05, 3.63) is 77.4 Å². The number of aromatic nitrogens is 4. The fraction of sp³-hybridized carbons (Fsp3) is 0.100. The molecule has 0 fully saturated rings. The summed E-state index contributed by atoms with van der Waals surface area (Å²) in [5, 5.41) is 16.8. The Kier molecular flexibility index (Phi) is 5.05. The summed E-state index contributed by atoms with van der Waals surface area (Å²) in [5.74, 6) is 0.761. The van der Waals surface area contributed by atoms with Crippen LogP contribution in [0.2, 0.25) is 0 Å². The van der Waals surface area contributed by atoms with Crippen LogP contribution in [0.15, 0.2) is 72.3 Å². The van der Waals surface area contributed by atoms with E-state index < -0.39 is 4.92 Å². The molecule has 0 aliphatic heterocycles. The average Bonchev–Trinajstić information content (AvgIpc) is 3.41. The second-order valence-electron chi connectivity index (χ2n) is 6.09. The molecule has 0 N–H and O–H groups in total. The van der Waals surface area contributed by atoms with Crippen LogP contribution in [0.4, 0.5) is 5.69 Å². The largest absolute Gasteiger partial charge is 0.497 e. The topological polar surface area (TPSA) is 88.0 Å². The molecule has 9 heteroatoms. The molecule has 0 radical (unpaired) electrons. The smallest absolute Gasteiger partial charge is 0.269 e. The first-order chi connectivity index (χ1) is 14.1. The van der Waals surface area contributed by atoms with E-state index in [0.717, 1.165) is 27.7 Å². The van der Waals surface area contributed by atoms with Crippen LogP contribution in [0.1, 0.15) is 0 Å². The highest BCUT2D eigenvalue weighted by Gasteiger charge is 2.22. The molecule has 8 nitrogen and oxygen atoms in total. The van der Waals surface area contributed by atoms with E-state index in [1.54, 1.807) is 43.5 Å². The van der Waals surface area contributed by atoms with Crippen molar-refractivity contribution in [2.24, 2.45) is 0 Å². The predicted molar refractivity (Wildman–Crippen MR) is 111 cm³/mol. The lowest BCUT2D eigenvalue weighted by molar-refractivity contribution is -0.384. The van der Waals surface area contributed by atoms with Crippen molar-refractivity contribution in [3.63, 3.8) is 0 Å². The molecule has 0 spiro atoms. The van der Waals surface area contributed by atoms with Crippen molar-refractivity contribution in [1.82, 2.24) is 19.3 Å². The van der Waals surface area contributed by atoms with Crippen molar-refractivity contribution >= 4 is 17.4 Å². The highest BCUT2D eigenvalue weighted by atomic mass is 32.2. The van der Waals surface area contributed by atoms with Crippen molar-refractivity contribution < 1.29 is 9.66 Å². The van der Waals surface area contributed by atoms with Gasteiger partial charge in [-0.1, -0.05) is 0 Å². The summed E-state index contributed by atoms with van der Waals surface area (Å²) in [7, 11) is 1.63. The number of nitro benzene ring substituents is 1. The maximum absolute atomic E-state index is 11.0. The molecule has 4 aromatic rings. The fourth-order valence-electron chi connectivity index (χ4n) is 3.04. The monoisotopic (exact) mass is 407 g/mol. The Labute approximate surface area is 170 Å². The first-order valence-electron chi connectivity index (χ1n) is 8.67. The van der Waals surface area contributed by atoms with Gasteiger partial charge in [-0.15, -0.1) is 11.8 Å².